The molecule has 0 spiro atoms. The zero-order valence-electron chi connectivity index (χ0n) is 10.8. The molecule has 0 saturated carbocycles. The van der Waals surface area contributed by atoms with Crippen molar-refractivity contribution in [3.8, 4) is 0 Å². The molecule has 1 N–H and O–H groups in total. The largest absolute Gasteiger partial charge is 0.306 e. The number of nitrogens with one attached hydrogen (secondary N) is 1. The minimum absolute atomic E-state index is 0.224. The molecule has 0 fully saturated rings. The van der Waals surface area contributed by atoms with Crippen molar-refractivity contribution in [3.05, 3.63) is 70.0 Å². The van der Waals surface area contributed by atoms with Gasteiger partial charge in [-0.3, -0.25) is 0 Å². The number of hydrogen-bond donors (Lipinski definition) is 1. The van der Waals surface area contributed by atoms with E-state index in [4.69, 9.17) is 11.6 Å². The summed E-state index contributed by atoms with van der Waals surface area (Å²) < 4.78 is 40.4. The van der Waals surface area contributed by atoms with E-state index in [0.717, 1.165) is 12.1 Å². The predicted octanol–water partition coefficient (Wildman–Crippen LogP) is 4.46. The lowest BCUT2D eigenvalue weighted by molar-refractivity contribution is 0.502. The molecule has 1 unspecified atom stereocenters. The molecule has 106 valence electrons. The van der Waals surface area contributed by atoms with Gasteiger partial charge in [-0.1, -0.05) is 30.7 Å². The van der Waals surface area contributed by atoms with E-state index in [2.05, 4.69) is 5.32 Å². The lowest BCUT2D eigenvalue weighted by atomic mass is 9.97. The van der Waals surface area contributed by atoms with Crippen molar-refractivity contribution in [1.29, 1.82) is 0 Å². The number of benzene rings is 2. The van der Waals surface area contributed by atoms with Crippen LogP contribution in [0.5, 0.6) is 0 Å². The van der Waals surface area contributed by atoms with Gasteiger partial charge in [-0.2, -0.15) is 0 Å². The maximum Gasteiger partial charge on any atom is 0.159 e. The summed E-state index contributed by atoms with van der Waals surface area (Å²) in [5, 5.41) is 3.27. The van der Waals surface area contributed by atoms with Crippen molar-refractivity contribution < 1.29 is 13.2 Å². The molecule has 0 amide bonds. The molecule has 0 aliphatic rings. The van der Waals surface area contributed by atoms with E-state index >= 15 is 0 Å². The Balaban J connectivity index is 2.53. The van der Waals surface area contributed by atoms with Crippen LogP contribution in [0.3, 0.4) is 0 Å². The summed E-state index contributed by atoms with van der Waals surface area (Å²) >= 11 is 6.03. The number of hydrogen-bond acceptors (Lipinski definition) is 1. The van der Waals surface area contributed by atoms with E-state index in [9.17, 15) is 13.2 Å². The van der Waals surface area contributed by atoms with Crippen molar-refractivity contribution in [2.45, 2.75) is 13.0 Å². The maximum absolute atomic E-state index is 14.0. The van der Waals surface area contributed by atoms with Crippen molar-refractivity contribution in [3.63, 3.8) is 0 Å². The summed E-state index contributed by atoms with van der Waals surface area (Å²) in [5.41, 5.74) is 0.639. The molecule has 2 rings (SSSR count). The summed E-state index contributed by atoms with van der Waals surface area (Å²) in [6, 6.07) is 7.18. The fraction of sp³-hybridized carbons (Fsp3) is 0.200. The highest BCUT2D eigenvalue weighted by atomic mass is 35.5. The lowest BCUT2D eigenvalue weighted by Gasteiger charge is -2.21. The number of halogens is 4. The van der Waals surface area contributed by atoms with E-state index in [1.807, 2.05) is 6.92 Å². The first-order valence-corrected chi connectivity index (χ1v) is 6.54. The van der Waals surface area contributed by atoms with Gasteiger partial charge in [0, 0.05) is 10.6 Å². The molecule has 0 heterocycles. The Hall–Kier alpha value is -1.52. The van der Waals surface area contributed by atoms with Crippen LogP contribution >= 0.6 is 11.6 Å². The minimum atomic E-state index is -0.974. The van der Waals surface area contributed by atoms with Gasteiger partial charge in [0.15, 0.2) is 11.6 Å². The Kier molecular flexibility index (Phi) is 4.68. The highest BCUT2D eigenvalue weighted by Crippen LogP contribution is 2.31. The molecule has 0 saturated heterocycles. The molecule has 5 heteroatoms. The fourth-order valence-corrected chi connectivity index (χ4v) is 2.34. The van der Waals surface area contributed by atoms with Gasteiger partial charge in [0.1, 0.15) is 5.82 Å². The quantitative estimate of drug-likeness (QED) is 0.879. The van der Waals surface area contributed by atoms with Gasteiger partial charge in [-0.25, -0.2) is 13.2 Å². The first kappa shape index (κ1) is 14.9. The molecule has 0 bridgehead atoms. The Morgan fingerprint density at radius 3 is 2.40 bits per heavy atom. The van der Waals surface area contributed by atoms with Crippen LogP contribution in [0.4, 0.5) is 13.2 Å². The fourth-order valence-electron chi connectivity index (χ4n) is 2.07. The molecular formula is C15H13ClF3N. The third-order valence-electron chi connectivity index (χ3n) is 2.97. The second kappa shape index (κ2) is 6.29. The van der Waals surface area contributed by atoms with Crippen LogP contribution in [0.15, 0.2) is 36.4 Å². The molecule has 2 aromatic rings. The van der Waals surface area contributed by atoms with Gasteiger partial charge < -0.3 is 5.32 Å². The Morgan fingerprint density at radius 2 is 1.80 bits per heavy atom. The predicted molar refractivity (Wildman–Crippen MR) is 73.3 cm³/mol. The minimum Gasteiger partial charge on any atom is -0.306 e. The van der Waals surface area contributed by atoms with Crippen molar-refractivity contribution in [2.24, 2.45) is 0 Å². The molecule has 0 aromatic heterocycles. The first-order chi connectivity index (χ1) is 9.54. The summed E-state index contributed by atoms with van der Waals surface area (Å²) in [7, 11) is 0. The third-order valence-corrected chi connectivity index (χ3v) is 3.30. The maximum atomic E-state index is 14.0. The molecule has 2 aromatic carbocycles. The van der Waals surface area contributed by atoms with E-state index in [1.54, 1.807) is 6.07 Å². The summed E-state index contributed by atoms with van der Waals surface area (Å²) in [6.45, 7) is 2.36. The Labute approximate surface area is 120 Å². The molecule has 1 atom stereocenters. The zero-order valence-corrected chi connectivity index (χ0v) is 11.5. The van der Waals surface area contributed by atoms with Crippen molar-refractivity contribution in [1.82, 2.24) is 5.32 Å². The topological polar surface area (TPSA) is 12.0 Å². The van der Waals surface area contributed by atoms with Crippen LogP contribution in [0.2, 0.25) is 5.02 Å². The van der Waals surface area contributed by atoms with E-state index in [-0.39, 0.29) is 10.6 Å². The van der Waals surface area contributed by atoms with E-state index in [1.165, 1.54) is 18.2 Å². The van der Waals surface area contributed by atoms with Crippen LogP contribution in [-0.2, 0) is 0 Å². The highest BCUT2D eigenvalue weighted by Gasteiger charge is 2.21. The third kappa shape index (κ3) is 2.97. The molecule has 20 heavy (non-hydrogen) atoms. The summed E-state index contributed by atoms with van der Waals surface area (Å²) in [5.74, 6) is -2.41. The normalized spacial score (nSPS) is 12.4. The van der Waals surface area contributed by atoms with E-state index < -0.39 is 23.5 Å². The van der Waals surface area contributed by atoms with Gasteiger partial charge >= 0.3 is 0 Å². The highest BCUT2D eigenvalue weighted by molar-refractivity contribution is 6.31. The van der Waals surface area contributed by atoms with Gasteiger partial charge in [0.05, 0.1) is 6.04 Å². The van der Waals surface area contributed by atoms with E-state index in [0.29, 0.717) is 12.1 Å². The molecule has 1 nitrogen and oxygen atoms in total. The summed E-state index contributed by atoms with van der Waals surface area (Å²) in [6.07, 6.45) is 0. The number of rotatable bonds is 4. The van der Waals surface area contributed by atoms with Crippen LogP contribution < -0.4 is 5.32 Å². The van der Waals surface area contributed by atoms with Gasteiger partial charge in [-0.05, 0) is 36.4 Å². The SMILES string of the molecule is CCNC(c1ccc(F)c(F)c1)c1c(F)cccc1Cl. The van der Waals surface area contributed by atoms with Crippen LogP contribution in [0, 0.1) is 17.5 Å². The zero-order chi connectivity index (χ0) is 14.7. The average Bonchev–Trinajstić information content (AvgIpc) is 2.41. The Bertz CT molecular complexity index is 596. The molecular weight excluding hydrogens is 287 g/mol. The summed E-state index contributed by atoms with van der Waals surface area (Å²) in [4.78, 5) is 0. The second-order valence-electron chi connectivity index (χ2n) is 4.30. The molecule has 0 radical (unpaired) electrons. The first-order valence-electron chi connectivity index (χ1n) is 6.16. The van der Waals surface area contributed by atoms with Gasteiger partial charge in [0.2, 0.25) is 0 Å². The standard InChI is InChI=1S/C15H13ClF3N/c1-2-20-15(9-6-7-11(17)13(19)8-9)14-10(16)4-3-5-12(14)18/h3-8,15,20H,2H2,1H3. The van der Waals surface area contributed by atoms with Crippen LogP contribution in [-0.4, -0.2) is 6.54 Å². The monoisotopic (exact) mass is 299 g/mol. The molecule has 0 aliphatic carbocycles. The molecule has 0 aliphatic heterocycles. The van der Waals surface area contributed by atoms with Crippen molar-refractivity contribution >= 4 is 11.6 Å². The lowest BCUT2D eigenvalue weighted by Crippen LogP contribution is -2.23. The van der Waals surface area contributed by atoms with Crippen LogP contribution in [0.25, 0.3) is 0 Å². The average molecular weight is 300 g/mol. The van der Waals surface area contributed by atoms with Gasteiger partial charge in [0.25, 0.3) is 0 Å². The van der Waals surface area contributed by atoms with Crippen LogP contribution in [0.1, 0.15) is 24.1 Å². The Morgan fingerprint density at radius 1 is 1.05 bits per heavy atom. The van der Waals surface area contributed by atoms with Crippen molar-refractivity contribution in [2.75, 3.05) is 6.54 Å². The second-order valence-corrected chi connectivity index (χ2v) is 4.71. The van der Waals surface area contributed by atoms with Gasteiger partial charge in [-0.15, -0.1) is 0 Å². The smallest absolute Gasteiger partial charge is 0.159 e.